The molecule has 0 atom stereocenters. The lowest BCUT2D eigenvalue weighted by atomic mass is 9.78. The van der Waals surface area contributed by atoms with Crippen LogP contribution in [-0.4, -0.2) is 6.61 Å². The highest BCUT2D eigenvalue weighted by molar-refractivity contribution is 5.90. The Morgan fingerprint density at radius 1 is 1.11 bits per heavy atom. The van der Waals surface area contributed by atoms with Gasteiger partial charge in [-0.1, -0.05) is 56.2 Å². The van der Waals surface area contributed by atoms with Crippen LogP contribution in [0.2, 0.25) is 0 Å². The minimum absolute atomic E-state index is 0.362. The predicted octanol–water partition coefficient (Wildman–Crippen LogP) is 7.63. The summed E-state index contributed by atoms with van der Waals surface area (Å²) in [4.78, 5) is 0. The normalized spacial score (nSPS) is 20.1. The van der Waals surface area contributed by atoms with Gasteiger partial charge in [0, 0.05) is 5.39 Å². The smallest absolute Gasteiger partial charge is 0.387 e. The van der Waals surface area contributed by atoms with Gasteiger partial charge in [-0.25, -0.2) is 0 Å². The molecule has 0 spiro atoms. The van der Waals surface area contributed by atoms with E-state index in [4.69, 9.17) is 4.74 Å². The van der Waals surface area contributed by atoms with Crippen molar-refractivity contribution in [3.63, 3.8) is 0 Å². The van der Waals surface area contributed by atoms with E-state index in [-0.39, 0.29) is 0 Å². The molecule has 146 valence electrons. The monoisotopic (exact) mass is 372 g/mol. The van der Waals surface area contributed by atoms with Crippen LogP contribution in [0.1, 0.15) is 68.9 Å². The minimum Gasteiger partial charge on any atom is -0.434 e. The highest BCUT2D eigenvalue weighted by atomic mass is 19.3. The molecule has 0 radical (unpaired) electrons. The Labute approximate surface area is 161 Å². The van der Waals surface area contributed by atoms with Crippen molar-refractivity contribution >= 4 is 10.8 Å². The fourth-order valence-corrected chi connectivity index (χ4v) is 4.30. The van der Waals surface area contributed by atoms with Gasteiger partial charge in [-0.15, -0.1) is 6.58 Å². The molecule has 0 saturated heterocycles. The maximum absolute atomic E-state index is 13.0. The Hall–Kier alpha value is -1.90. The van der Waals surface area contributed by atoms with Gasteiger partial charge in [-0.05, 0) is 66.9 Å². The summed E-state index contributed by atoms with van der Waals surface area (Å²) in [6.45, 7) is 3.26. The molecule has 1 nitrogen and oxygen atoms in total. The highest BCUT2D eigenvalue weighted by Gasteiger charge is 2.21. The van der Waals surface area contributed by atoms with Crippen molar-refractivity contribution in [2.24, 2.45) is 5.92 Å². The van der Waals surface area contributed by atoms with Gasteiger partial charge >= 0.3 is 6.61 Å². The van der Waals surface area contributed by atoms with Crippen LogP contribution in [0.3, 0.4) is 0 Å². The number of rotatable bonds is 8. The van der Waals surface area contributed by atoms with E-state index < -0.39 is 6.61 Å². The third-order valence-corrected chi connectivity index (χ3v) is 5.91. The van der Waals surface area contributed by atoms with Crippen LogP contribution in [0.5, 0.6) is 5.75 Å². The van der Waals surface area contributed by atoms with Gasteiger partial charge in [0.25, 0.3) is 0 Å². The lowest BCUT2D eigenvalue weighted by molar-refractivity contribution is -0.0493. The van der Waals surface area contributed by atoms with Gasteiger partial charge in [0.05, 0.1) is 0 Å². The molecule has 2 aromatic carbocycles. The molecule has 27 heavy (non-hydrogen) atoms. The van der Waals surface area contributed by atoms with Crippen molar-refractivity contribution in [1.82, 2.24) is 0 Å². The summed E-state index contributed by atoms with van der Waals surface area (Å²) in [5.74, 6) is 1.55. The van der Waals surface area contributed by atoms with Crippen LogP contribution in [0.15, 0.2) is 43.0 Å². The fourth-order valence-electron chi connectivity index (χ4n) is 4.30. The SMILES string of the molecule is C=CC1CCC(c2ccc3c(OC(F)F)c(CCCCC)ccc3c2)CC1. The molecule has 0 heterocycles. The molecule has 1 aliphatic rings. The molecule has 0 aliphatic heterocycles. The molecule has 0 N–H and O–H groups in total. The molecule has 0 aromatic heterocycles. The fraction of sp³-hybridized carbons (Fsp3) is 0.500. The van der Waals surface area contributed by atoms with Crippen molar-refractivity contribution in [2.45, 2.75) is 70.8 Å². The van der Waals surface area contributed by atoms with E-state index >= 15 is 0 Å². The van der Waals surface area contributed by atoms with E-state index in [9.17, 15) is 8.78 Å². The van der Waals surface area contributed by atoms with E-state index in [0.29, 0.717) is 17.6 Å². The average Bonchev–Trinajstić information content (AvgIpc) is 2.69. The van der Waals surface area contributed by atoms with Crippen LogP contribution in [0, 0.1) is 5.92 Å². The van der Waals surface area contributed by atoms with Crippen LogP contribution < -0.4 is 4.74 Å². The number of benzene rings is 2. The first-order valence-electron chi connectivity index (χ1n) is 10.2. The number of hydrogen-bond acceptors (Lipinski definition) is 1. The second-order valence-corrected chi connectivity index (χ2v) is 7.72. The Kier molecular flexibility index (Phi) is 6.87. The van der Waals surface area contributed by atoms with Gasteiger partial charge in [0.15, 0.2) is 0 Å². The molecule has 0 unspecified atom stereocenters. The van der Waals surface area contributed by atoms with Crippen molar-refractivity contribution in [3.8, 4) is 5.75 Å². The molecule has 0 amide bonds. The van der Waals surface area contributed by atoms with Crippen molar-refractivity contribution in [2.75, 3.05) is 0 Å². The number of hydrogen-bond donors (Lipinski definition) is 0. The highest BCUT2D eigenvalue weighted by Crippen LogP contribution is 2.39. The zero-order valence-electron chi connectivity index (χ0n) is 16.2. The second-order valence-electron chi connectivity index (χ2n) is 7.72. The predicted molar refractivity (Wildman–Crippen MR) is 109 cm³/mol. The van der Waals surface area contributed by atoms with E-state index in [1.807, 2.05) is 12.1 Å². The maximum Gasteiger partial charge on any atom is 0.387 e. The summed E-state index contributed by atoms with van der Waals surface area (Å²) in [7, 11) is 0. The Morgan fingerprint density at radius 3 is 2.56 bits per heavy atom. The zero-order chi connectivity index (χ0) is 19.2. The quantitative estimate of drug-likeness (QED) is 0.342. The van der Waals surface area contributed by atoms with E-state index in [1.54, 1.807) is 0 Å². The standard InChI is InChI=1S/C24H30F2O/c1-3-5-6-7-19-12-13-21-16-20(18-10-8-17(4-2)9-11-18)14-15-22(21)23(19)27-24(25)26/h4,12-18,24H,2-3,5-11H2,1H3. The molecule has 1 aliphatic carbocycles. The molecule has 1 fully saturated rings. The summed E-state index contributed by atoms with van der Waals surface area (Å²) in [6, 6.07) is 10.3. The molecule has 0 bridgehead atoms. The number of ether oxygens (including phenoxy) is 1. The third kappa shape index (κ3) is 4.88. The Morgan fingerprint density at radius 2 is 1.89 bits per heavy atom. The molecule has 2 aromatic rings. The summed E-state index contributed by atoms with van der Waals surface area (Å²) in [5.41, 5.74) is 2.20. The van der Waals surface area contributed by atoms with Crippen LogP contribution >= 0.6 is 0 Å². The number of halogens is 2. The summed E-state index contributed by atoms with van der Waals surface area (Å²) >= 11 is 0. The van der Waals surface area contributed by atoms with Gasteiger partial charge in [-0.3, -0.25) is 0 Å². The first kappa shape index (κ1) is 19.9. The lowest BCUT2D eigenvalue weighted by Gasteiger charge is -2.27. The average molecular weight is 372 g/mol. The molecule has 3 heteroatoms. The number of alkyl halides is 2. The molecular formula is C24H30F2O. The largest absolute Gasteiger partial charge is 0.434 e. The number of aryl methyl sites for hydroxylation is 1. The third-order valence-electron chi connectivity index (χ3n) is 5.91. The van der Waals surface area contributed by atoms with Crippen molar-refractivity contribution in [3.05, 3.63) is 54.1 Å². The second kappa shape index (κ2) is 9.34. The van der Waals surface area contributed by atoms with Gasteiger partial charge in [0.2, 0.25) is 0 Å². The van der Waals surface area contributed by atoms with Crippen LogP contribution in [0.4, 0.5) is 8.78 Å². The van der Waals surface area contributed by atoms with Crippen LogP contribution in [0.25, 0.3) is 10.8 Å². The van der Waals surface area contributed by atoms with E-state index in [2.05, 4.69) is 37.8 Å². The molecule has 1 saturated carbocycles. The van der Waals surface area contributed by atoms with Gasteiger partial charge in [-0.2, -0.15) is 8.78 Å². The topological polar surface area (TPSA) is 9.23 Å². The number of fused-ring (bicyclic) bond motifs is 1. The van der Waals surface area contributed by atoms with E-state index in [1.165, 1.54) is 18.4 Å². The lowest BCUT2D eigenvalue weighted by Crippen LogP contribution is -2.11. The number of unbranched alkanes of at least 4 members (excludes halogenated alkanes) is 2. The molecule has 3 rings (SSSR count). The summed E-state index contributed by atoms with van der Waals surface area (Å²) < 4.78 is 31.0. The summed E-state index contributed by atoms with van der Waals surface area (Å²) in [5, 5.41) is 1.79. The van der Waals surface area contributed by atoms with Crippen molar-refractivity contribution in [1.29, 1.82) is 0 Å². The maximum atomic E-state index is 13.0. The first-order valence-corrected chi connectivity index (χ1v) is 10.2. The van der Waals surface area contributed by atoms with Gasteiger partial charge < -0.3 is 4.74 Å². The minimum atomic E-state index is -2.80. The van der Waals surface area contributed by atoms with Crippen LogP contribution in [-0.2, 0) is 6.42 Å². The summed E-state index contributed by atoms with van der Waals surface area (Å²) in [6.07, 6.45) is 10.7. The van der Waals surface area contributed by atoms with Gasteiger partial charge in [0.1, 0.15) is 5.75 Å². The Bertz CT molecular complexity index is 760. The first-order chi connectivity index (χ1) is 13.1. The van der Waals surface area contributed by atoms with Crippen molar-refractivity contribution < 1.29 is 13.5 Å². The van der Waals surface area contributed by atoms with E-state index in [0.717, 1.165) is 54.9 Å². The number of allylic oxidation sites excluding steroid dienone is 1. The zero-order valence-corrected chi connectivity index (χ0v) is 16.2. The Balaban J connectivity index is 1.88. The molecular weight excluding hydrogens is 342 g/mol.